The van der Waals surface area contributed by atoms with Gasteiger partial charge in [-0.1, -0.05) is 0 Å². The zero-order valence-electron chi connectivity index (χ0n) is 10.4. The van der Waals surface area contributed by atoms with Gasteiger partial charge >= 0.3 is 0 Å². The average Bonchev–Trinajstić information content (AvgIpc) is 3.04. The van der Waals surface area contributed by atoms with Gasteiger partial charge in [-0.15, -0.1) is 11.3 Å². The lowest BCUT2D eigenvalue weighted by Crippen LogP contribution is -2.07. The number of hydrogen-bond acceptors (Lipinski definition) is 4. The summed E-state index contributed by atoms with van der Waals surface area (Å²) >= 11 is 1.54. The summed E-state index contributed by atoms with van der Waals surface area (Å²) in [6, 6.07) is 6.20. The molecule has 1 aliphatic carbocycles. The van der Waals surface area contributed by atoms with Crippen molar-refractivity contribution < 1.29 is 9.53 Å². The summed E-state index contributed by atoms with van der Waals surface area (Å²) < 4.78 is 5.52. The van der Waals surface area contributed by atoms with Gasteiger partial charge in [-0.25, -0.2) is 4.98 Å². The minimum atomic E-state index is 0.259. The number of aromatic nitrogens is 1. The van der Waals surface area contributed by atoms with Crippen LogP contribution in [0.5, 0.6) is 5.75 Å². The number of carbonyl (C=O) groups excluding carboxylic acids is 1. The van der Waals surface area contributed by atoms with Crippen LogP contribution in [-0.2, 0) is 12.8 Å². The molecule has 2 heterocycles. The van der Waals surface area contributed by atoms with Gasteiger partial charge in [0.25, 0.3) is 0 Å². The van der Waals surface area contributed by atoms with Crippen molar-refractivity contribution in [2.75, 3.05) is 6.61 Å². The van der Waals surface area contributed by atoms with Crippen LogP contribution < -0.4 is 4.74 Å². The van der Waals surface area contributed by atoms with Gasteiger partial charge in [-0.05, 0) is 36.6 Å². The summed E-state index contributed by atoms with van der Waals surface area (Å²) in [5.41, 5.74) is 3.35. The molecule has 0 saturated carbocycles. The Bertz CT molecular complexity index is 675. The first kappa shape index (κ1) is 11.2. The number of thiazole rings is 1. The van der Waals surface area contributed by atoms with E-state index >= 15 is 0 Å². The van der Waals surface area contributed by atoms with Crippen molar-refractivity contribution in [1.82, 2.24) is 4.98 Å². The first-order chi connectivity index (χ1) is 9.31. The highest BCUT2D eigenvalue weighted by atomic mass is 32.1. The highest BCUT2D eigenvalue weighted by Crippen LogP contribution is 2.35. The first-order valence-corrected chi connectivity index (χ1v) is 7.42. The van der Waals surface area contributed by atoms with Gasteiger partial charge in [0.15, 0.2) is 5.78 Å². The molecule has 1 aromatic heterocycles. The molecule has 19 heavy (non-hydrogen) atoms. The largest absolute Gasteiger partial charge is 0.493 e. The van der Waals surface area contributed by atoms with Gasteiger partial charge in [0.2, 0.25) is 0 Å². The van der Waals surface area contributed by atoms with Crippen molar-refractivity contribution in [2.45, 2.75) is 25.7 Å². The number of Topliss-reactive ketones (excluding diaryl/α,β-unsaturated/α-hetero) is 1. The number of aryl methyl sites for hydroxylation is 1. The lowest BCUT2D eigenvalue weighted by molar-refractivity contribution is 0.0976. The van der Waals surface area contributed by atoms with E-state index in [0.29, 0.717) is 6.42 Å². The Morgan fingerprint density at radius 2 is 2.16 bits per heavy atom. The molecule has 4 heteroatoms. The summed E-state index contributed by atoms with van der Waals surface area (Å²) in [5.74, 6) is 1.25. The molecule has 0 N–H and O–H groups in total. The minimum Gasteiger partial charge on any atom is -0.493 e. The fourth-order valence-corrected chi connectivity index (χ4v) is 3.79. The molecule has 2 aliphatic rings. The van der Waals surface area contributed by atoms with E-state index < -0.39 is 0 Å². The fraction of sp³-hybridized carbons (Fsp3) is 0.333. The topological polar surface area (TPSA) is 39.2 Å². The van der Waals surface area contributed by atoms with Crippen molar-refractivity contribution >= 4 is 17.1 Å². The number of benzene rings is 1. The number of ketones is 1. The fourth-order valence-electron chi connectivity index (χ4n) is 2.71. The highest BCUT2D eigenvalue weighted by molar-refractivity contribution is 7.17. The molecule has 0 spiro atoms. The van der Waals surface area contributed by atoms with Crippen LogP contribution in [0.15, 0.2) is 18.2 Å². The van der Waals surface area contributed by atoms with Crippen LogP contribution in [-0.4, -0.2) is 17.4 Å². The van der Waals surface area contributed by atoms with Gasteiger partial charge in [-0.2, -0.15) is 0 Å². The number of nitrogens with zero attached hydrogens (tertiary/aromatic N) is 1. The quantitative estimate of drug-likeness (QED) is 0.799. The van der Waals surface area contributed by atoms with Crippen molar-refractivity contribution in [3.8, 4) is 16.3 Å². The zero-order valence-corrected chi connectivity index (χ0v) is 11.3. The van der Waals surface area contributed by atoms with Crippen molar-refractivity contribution in [1.29, 1.82) is 0 Å². The Labute approximate surface area is 115 Å². The highest BCUT2D eigenvalue weighted by Gasteiger charge is 2.23. The molecule has 4 rings (SSSR count). The monoisotopic (exact) mass is 271 g/mol. The van der Waals surface area contributed by atoms with Crippen LogP contribution in [0.25, 0.3) is 10.6 Å². The molecular formula is C15H13NO2S. The molecule has 0 unspecified atom stereocenters. The Kier molecular flexibility index (Phi) is 2.45. The molecule has 2 aromatic rings. The van der Waals surface area contributed by atoms with Crippen LogP contribution in [0, 0.1) is 0 Å². The second-order valence-electron chi connectivity index (χ2n) is 4.99. The smallest absolute Gasteiger partial charge is 0.174 e. The van der Waals surface area contributed by atoms with Gasteiger partial charge in [0.1, 0.15) is 10.8 Å². The lowest BCUT2D eigenvalue weighted by Gasteiger charge is -2.06. The predicted octanol–water partition coefficient (Wildman–Crippen LogP) is 3.26. The van der Waals surface area contributed by atoms with Crippen molar-refractivity contribution in [2.24, 2.45) is 0 Å². The van der Waals surface area contributed by atoms with Crippen LogP contribution in [0.2, 0.25) is 0 Å². The number of hydrogen-bond donors (Lipinski definition) is 0. The van der Waals surface area contributed by atoms with E-state index in [4.69, 9.17) is 4.74 Å². The molecule has 0 fully saturated rings. The van der Waals surface area contributed by atoms with Gasteiger partial charge < -0.3 is 4.74 Å². The molecule has 96 valence electrons. The third-order valence-corrected chi connectivity index (χ3v) is 4.89. The third kappa shape index (κ3) is 1.78. The normalized spacial score (nSPS) is 16.9. The maximum Gasteiger partial charge on any atom is 0.174 e. The molecule has 1 aliphatic heterocycles. The first-order valence-electron chi connectivity index (χ1n) is 6.60. The molecule has 0 radical (unpaired) electrons. The zero-order chi connectivity index (χ0) is 12.8. The Hall–Kier alpha value is -1.68. The molecule has 0 bridgehead atoms. The van der Waals surface area contributed by atoms with Crippen molar-refractivity contribution in [3.63, 3.8) is 0 Å². The van der Waals surface area contributed by atoms with Crippen LogP contribution >= 0.6 is 11.3 Å². The van der Waals surface area contributed by atoms with E-state index in [9.17, 15) is 4.79 Å². The van der Waals surface area contributed by atoms with E-state index in [0.717, 1.165) is 52.8 Å². The second-order valence-corrected chi connectivity index (χ2v) is 5.99. The van der Waals surface area contributed by atoms with Gasteiger partial charge in [0, 0.05) is 18.4 Å². The average molecular weight is 271 g/mol. The Balaban J connectivity index is 1.78. The summed E-state index contributed by atoms with van der Waals surface area (Å²) in [5, 5.41) is 0.968. The SMILES string of the molecule is O=C1CCCc2nc(-c3ccc4c(c3)CCO4)sc21. The molecule has 0 amide bonds. The number of rotatable bonds is 1. The maximum atomic E-state index is 11.9. The van der Waals surface area contributed by atoms with Gasteiger partial charge in [0.05, 0.1) is 17.2 Å². The van der Waals surface area contributed by atoms with E-state index in [-0.39, 0.29) is 5.78 Å². The van der Waals surface area contributed by atoms with E-state index in [1.807, 2.05) is 12.1 Å². The summed E-state index contributed by atoms with van der Waals surface area (Å²) in [6.45, 7) is 0.769. The van der Waals surface area contributed by atoms with Crippen LogP contribution in [0.1, 0.15) is 33.8 Å². The number of ether oxygens (including phenoxy) is 1. The Morgan fingerprint density at radius 3 is 3.05 bits per heavy atom. The molecule has 3 nitrogen and oxygen atoms in total. The molecule has 1 aromatic carbocycles. The van der Waals surface area contributed by atoms with Crippen LogP contribution in [0.4, 0.5) is 0 Å². The standard InChI is InChI=1S/C15H13NO2S/c17-12-3-1-2-11-14(12)19-15(16-11)10-4-5-13-9(8-10)6-7-18-13/h4-5,8H,1-3,6-7H2. The minimum absolute atomic E-state index is 0.259. The predicted molar refractivity (Wildman–Crippen MR) is 74.0 cm³/mol. The summed E-state index contributed by atoms with van der Waals surface area (Å²) in [7, 11) is 0. The number of fused-ring (bicyclic) bond motifs is 2. The molecule has 0 atom stereocenters. The molecular weight excluding hydrogens is 258 g/mol. The van der Waals surface area contributed by atoms with Gasteiger partial charge in [-0.3, -0.25) is 4.79 Å². The van der Waals surface area contributed by atoms with E-state index in [1.54, 1.807) is 11.3 Å². The van der Waals surface area contributed by atoms with E-state index in [1.165, 1.54) is 5.56 Å². The summed E-state index contributed by atoms with van der Waals surface area (Å²) in [6.07, 6.45) is 3.51. The lowest BCUT2D eigenvalue weighted by atomic mass is 10.0. The third-order valence-electron chi connectivity index (χ3n) is 3.70. The van der Waals surface area contributed by atoms with Crippen LogP contribution in [0.3, 0.4) is 0 Å². The number of carbonyl (C=O) groups is 1. The van der Waals surface area contributed by atoms with Crippen molar-refractivity contribution in [3.05, 3.63) is 34.3 Å². The molecule has 0 saturated heterocycles. The summed E-state index contributed by atoms with van der Waals surface area (Å²) in [4.78, 5) is 17.4. The maximum absolute atomic E-state index is 11.9. The second kappa shape index (κ2) is 4.17. The Morgan fingerprint density at radius 1 is 1.21 bits per heavy atom. The van der Waals surface area contributed by atoms with E-state index in [2.05, 4.69) is 11.1 Å².